The van der Waals surface area contributed by atoms with Crippen LogP contribution in [0.5, 0.6) is 0 Å². The number of anilines is 2. The number of piperidine rings is 1. The number of benzene rings is 2. The molecule has 0 bridgehead atoms. The first-order valence-corrected chi connectivity index (χ1v) is 13.6. The number of carbonyl (C=O) groups excluding carboxylic acids is 3. The van der Waals surface area contributed by atoms with Gasteiger partial charge in [0.1, 0.15) is 23.7 Å². The Bertz CT molecular complexity index is 1570. The number of alkyl halides is 2. The number of hydrogen-bond donors (Lipinski definition) is 1. The van der Waals surface area contributed by atoms with Crippen LogP contribution in [0.2, 0.25) is 5.02 Å². The highest BCUT2D eigenvalue weighted by Gasteiger charge is 2.48. The van der Waals surface area contributed by atoms with Gasteiger partial charge in [-0.1, -0.05) is 35.9 Å². The number of nitrogens with zero attached hydrogens (tertiary/aromatic N) is 4. The fourth-order valence-corrected chi connectivity index (χ4v) is 5.57. The van der Waals surface area contributed by atoms with Crippen molar-refractivity contribution in [2.75, 3.05) is 9.80 Å². The first-order chi connectivity index (χ1) is 20.1. The molecule has 0 spiro atoms. The first kappa shape index (κ1) is 29.1. The van der Waals surface area contributed by atoms with E-state index in [0.29, 0.717) is 6.42 Å². The summed E-state index contributed by atoms with van der Waals surface area (Å²) in [7, 11) is 0. The lowest BCUT2D eigenvalue weighted by Gasteiger charge is -2.41. The summed E-state index contributed by atoms with van der Waals surface area (Å²) in [6.45, 7) is 7.34. The molecule has 1 aromatic heterocycles. The third kappa shape index (κ3) is 5.94. The van der Waals surface area contributed by atoms with E-state index in [4.69, 9.17) is 18.2 Å². The van der Waals surface area contributed by atoms with Crippen molar-refractivity contribution in [3.63, 3.8) is 0 Å². The Morgan fingerprint density at radius 1 is 1.14 bits per heavy atom. The Morgan fingerprint density at radius 3 is 2.60 bits per heavy atom. The van der Waals surface area contributed by atoms with E-state index in [1.807, 2.05) is 0 Å². The van der Waals surface area contributed by atoms with Crippen LogP contribution in [0.4, 0.5) is 30.4 Å². The van der Waals surface area contributed by atoms with Crippen LogP contribution < -0.4 is 15.1 Å². The van der Waals surface area contributed by atoms with Gasteiger partial charge in [0, 0.05) is 47.8 Å². The summed E-state index contributed by atoms with van der Waals surface area (Å²) >= 11 is 6.51. The minimum Gasteiger partial charge on any atom is -0.351 e. The van der Waals surface area contributed by atoms with E-state index in [2.05, 4.69) is 15.1 Å². The molecule has 1 N–H and O–H groups in total. The van der Waals surface area contributed by atoms with Crippen molar-refractivity contribution in [2.24, 2.45) is 0 Å². The van der Waals surface area contributed by atoms with Gasteiger partial charge in [-0.05, 0) is 49.2 Å². The summed E-state index contributed by atoms with van der Waals surface area (Å²) in [6, 6.07) is 10.6. The summed E-state index contributed by atoms with van der Waals surface area (Å²) in [4.78, 5) is 51.5. The van der Waals surface area contributed by atoms with Crippen LogP contribution in [-0.2, 0) is 14.4 Å². The molecule has 1 aliphatic heterocycles. The maximum absolute atomic E-state index is 14.6. The van der Waals surface area contributed by atoms with E-state index in [-0.39, 0.29) is 40.6 Å². The number of halogens is 4. The second-order valence-electron chi connectivity index (χ2n) is 10.2. The highest BCUT2D eigenvalue weighted by atomic mass is 35.5. The third-order valence-corrected chi connectivity index (χ3v) is 7.65. The molecule has 2 aromatic carbocycles. The first-order valence-electron chi connectivity index (χ1n) is 13.2. The average Bonchev–Trinajstić information content (AvgIpc) is 2.95. The Kier molecular flexibility index (Phi) is 8.18. The molecule has 12 heteroatoms. The van der Waals surface area contributed by atoms with E-state index in [0.717, 1.165) is 11.0 Å². The van der Waals surface area contributed by atoms with Crippen LogP contribution in [0.1, 0.15) is 43.7 Å². The van der Waals surface area contributed by atoms with Crippen molar-refractivity contribution >= 4 is 46.5 Å². The molecule has 1 saturated carbocycles. The van der Waals surface area contributed by atoms with Crippen molar-refractivity contribution < 1.29 is 27.6 Å². The normalized spacial score (nSPS) is 18.9. The quantitative estimate of drug-likeness (QED) is 0.340. The zero-order valence-corrected chi connectivity index (χ0v) is 22.9. The van der Waals surface area contributed by atoms with Gasteiger partial charge in [0.25, 0.3) is 11.8 Å². The van der Waals surface area contributed by atoms with Crippen LogP contribution in [0.25, 0.3) is 4.85 Å². The molecule has 1 aliphatic carbocycles. The monoisotopic (exact) mass is 595 g/mol. The van der Waals surface area contributed by atoms with Gasteiger partial charge >= 0.3 is 0 Å². The van der Waals surface area contributed by atoms with E-state index >= 15 is 0 Å². The number of aromatic nitrogens is 1. The molecular formula is C30H25ClF3N5O3. The van der Waals surface area contributed by atoms with Crippen LogP contribution in [-0.4, -0.2) is 40.7 Å². The zero-order chi connectivity index (χ0) is 30.0. The van der Waals surface area contributed by atoms with Crippen molar-refractivity contribution in [2.45, 2.75) is 56.2 Å². The molecule has 1 saturated heterocycles. The van der Waals surface area contributed by atoms with Gasteiger partial charge in [-0.25, -0.2) is 23.0 Å². The number of nitrogens with one attached hydrogen (secondary N) is 1. The minimum atomic E-state index is -2.91. The van der Waals surface area contributed by atoms with Crippen LogP contribution >= 0.6 is 11.6 Å². The van der Waals surface area contributed by atoms with Crippen molar-refractivity contribution in [3.8, 4) is 0 Å². The van der Waals surface area contributed by atoms with Crippen LogP contribution in [0.3, 0.4) is 0 Å². The summed E-state index contributed by atoms with van der Waals surface area (Å²) < 4.78 is 41.8. The van der Waals surface area contributed by atoms with Gasteiger partial charge in [-0.15, -0.1) is 0 Å². The van der Waals surface area contributed by atoms with Crippen LogP contribution in [0, 0.1) is 12.4 Å². The molecular weight excluding hydrogens is 571 g/mol. The highest BCUT2D eigenvalue weighted by Crippen LogP contribution is 2.40. The average molecular weight is 596 g/mol. The van der Waals surface area contributed by atoms with E-state index in [1.54, 1.807) is 12.1 Å². The lowest BCUT2D eigenvalue weighted by atomic mass is 9.87. The molecule has 2 atom stereocenters. The molecule has 2 aliphatic rings. The Labute approximate surface area is 244 Å². The number of amides is 3. The number of hydrogen-bond acceptors (Lipinski definition) is 4. The van der Waals surface area contributed by atoms with Gasteiger partial charge in [0.05, 0.1) is 6.57 Å². The molecule has 3 aromatic rings. The van der Waals surface area contributed by atoms with Gasteiger partial charge in [-0.3, -0.25) is 24.2 Å². The summed E-state index contributed by atoms with van der Waals surface area (Å²) in [5.74, 6) is -5.45. The number of carbonyl (C=O) groups is 3. The highest BCUT2D eigenvalue weighted by molar-refractivity contribution is 6.31. The molecule has 0 radical (unpaired) electrons. The summed E-state index contributed by atoms with van der Waals surface area (Å²) in [5.41, 5.74) is 0.388. The molecule has 42 heavy (non-hydrogen) atoms. The minimum absolute atomic E-state index is 0.000139. The van der Waals surface area contributed by atoms with Crippen LogP contribution in [0.15, 0.2) is 66.9 Å². The maximum atomic E-state index is 14.6. The topological polar surface area (TPSA) is 87.0 Å². The van der Waals surface area contributed by atoms with E-state index in [1.165, 1.54) is 53.6 Å². The van der Waals surface area contributed by atoms with Crippen molar-refractivity contribution in [1.82, 2.24) is 10.3 Å². The fraction of sp³-hybridized carbons (Fsp3) is 0.300. The molecule has 8 nitrogen and oxygen atoms in total. The second-order valence-corrected chi connectivity index (χ2v) is 10.6. The molecule has 3 amide bonds. The molecule has 2 heterocycles. The maximum Gasteiger partial charge on any atom is 0.252 e. The smallest absolute Gasteiger partial charge is 0.252 e. The second kappa shape index (κ2) is 11.8. The van der Waals surface area contributed by atoms with E-state index in [9.17, 15) is 27.6 Å². The summed E-state index contributed by atoms with van der Waals surface area (Å²) in [6.07, 6.45) is 0.895. The van der Waals surface area contributed by atoms with Gasteiger partial charge in [0.15, 0.2) is 5.69 Å². The predicted octanol–water partition coefficient (Wildman–Crippen LogP) is 6.00. The molecule has 5 rings (SSSR count). The third-order valence-electron chi connectivity index (χ3n) is 7.31. The van der Waals surface area contributed by atoms with Crippen molar-refractivity contribution in [3.05, 3.63) is 94.7 Å². The Hall–Kier alpha value is -4.43. The van der Waals surface area contributed by atoms with Gasteiger partial charge < -0.3 is 5.32 Å². The van der Waals surface area contributed by atoms with Gasteiger partial charge in [0.2, 0.25) is 11.8 Å². The van der Waals surface area contributed by atoms with E-state index < -0.39 is 60.4 Å². The Morgan fingerprint density at radius 2 is 1.90 bits per heavy atom. The summed E-state index contributed by atoms with van der Waals surface area (Å²) in [5, 5.41) is 2.72. The lowest BCUT2D eigenvalue weighted by molar-refractivity contribution is -0.133. The van der Waals surface area contributed by atoms with Gasteiger partial charge in [-0.2, -0.15) is 0 Å². The largest absolute Gasteiger partial charge is 0.351 e. The SMILES string of the molecule is [C-]#[N+]c1ccnc(N2C(=O)CCC[C@H]2C(=O)N(c2cccc(F)c2)[C@@H](C(=O)NC2CC(F)(F)C2)c2ccccc2Cl)c1. The number of pyridine rings is 1. The fourth-order valence-electron chi connectivity index (χ4n) is 5.33. The van der Waals surface area contributed by atoms with Crippen molar-refractivity contribution in [1.29, 1.82) is 0 Å². The molecule has 0 unspecified atom stereocenters. The predicted molar refractivity (Wildman–Crippen MR) is 150 cm³/mol. The molecule has 216 valence electrons. The number of rotatable bonds is 7. The zero-order valence-electron chi connectivity index (χ0n) is 22.1. The molecule has 2 fully saturated rings. The Balaban J connectivity index is 1.62. The lowest BCUT2D eigenvalue weighted by Crippen LogP contribution is -2.58. The standard InChI is InChI=1S/C30H25ClF3N5O3/c1-35-19-12-13-36-25(15-19)39-24(10-5-11-26(39)40)29(42)38(21-7-4-6-18(32)14-21)27(22-8-2-3-9-23(22)31)28(41)37-20-16-30(33,34)17-20/h2-4,6-9,12-15,20,24,27H,5,10-11,16-17H2,(H,37,41)/t24-,27+/m0/s1.